The van der Waals surface area contributed by atoms with Crippen LogP contribution in [0.1, 0.15) is 28.2 Å². The van der Waals surface area contributed by atoms with Crippen LogP contribution < -0.4 is 4.90 Å². The summed E-state index contributed by atoms with van der Waals surface area (Å²) in [5, 5.41) is 9.30. The summed E-state index contributed by atoms with van der Waals surface area (Å²) in [6, 6.07) is 0. The number of hydrogen-bond acceptors (Lipinski definition) is 4. The summed E-state index contributed by atoms with van der Waals surface area (Å²) >= 11 is 0.935. The van der Waals surface area contributed by atoms with Crippen molar-refractivity contribution in [3.63, 3.8) is 0 Å². The zero-order chi connectivity index (χ0) is 14.2. The van der Waals surface area contributed by atoms with Crippen molar-refractivity contribution >= 4 is 22.4 Å². The van der Waals surface area contributed by atoms with Gasteiger partial charge in [0.2, 0.25) is 0 Å². The molecule has 2 heterocycles. The minimum atomic E-state index is -4.21. The van der Waals surface area contributed by atoms with Crippen molar-refractivity contribution in [2.75, 3.05) is 18.0 Å². The summed E-state index contributed by atoms with van der Waals surface area (Å²) in [6.07, 6.45) is -3.65. The van der Waals surface area contributed by atoms with Crippen LogP contribution in [0.25, 0.3) is 0 Å². The molecule has 1 N–H and O–H groups in total. The van der Waals surface area contributed by atoms with E-state index in [1.165, 1.54) is 4.90 Å². The molecule has 19 heavy (non-hydrogen) atoms. The molecule has 1 unspecified atom stereocenters. The van der Waals surface area contributed by atoms with E-state index in [1.54, 1.807) is 6.92 Å². The Morgan fingerprint density at radius 2 is 2.21 bits per heavy atom. The zero-order valence-electron chi connectivity index (χ0n) is 10.2. The minimum Gasteiger partial charge on any atom is -0.477 e. The van der Waals surface area contributed by atoms with E-state index >= 15 is 0 Å². The molecule has 1 atom stereocenters. The third-order valence-electron chi connectivity index (χ3n) is 3.13. The largest absolute Gasteiger partial charge is 0.477 e. The first-order valence-electron chi connectivity index (χ1n) is 5.81. The number of hydrogen-bond donors (Lipinski definition) is 1. The van der Waals surface area contributed by atoms with Gasteiger partial charge in [0.15, 0.2) is 5.13 Å². The van der Waals surface area contributed by atoms with E-state index in [0.717, 1.165) is 11.3 Å². The fourth-order valence-corrected chi connectivity index (χ4v) is 3.07. The van der Waals surface area contributed by atoms with Crippen molar-refractivity contribution in [2.24, 2.45) is 5.92 Å². The lowest BCUT2D eigenvalue weighted by Crippen LogP contribution is -2.41. The quantitative estimate of drug-likeness (QED) is 0.911. The normalized spacial score (nSPS) is 20.6. The first kappa shape index (κ1) is 14.1. The Labute approximate surface area is 111 Å². The number of aryl methyl sites for hydroxylation is 1. The summed E-state index contributed by atoms with van der Waals surface area (Å²) in [6.45, 7) is 1.89. The maximum Gasteiger partial charge on any atom is 0.393 e. The standard InChI is InChI=1S/C11H13F3N2O2S/c1-6-8(9(17)18)19-10(15-6)16-4-2-3-7(5-16)11(12,13)14/h7H,2-5H2,1H3,(H,17,18). The summed E-state index contributed by atoms with van der Waals surface area (Å²) in [5.74, 6) is -2.45. The van der Waals surface area contributed by atoms with Crippen molar-refractivity contribution in [3.8, 4) is 0 Å². The average Bonchev–Trinajstić information content (AvgIpc) is 2.70. The van der Waals surface area contributed by atoms with Crippen molar-refractivity contribution < 1.29 is 23.1 Å². The lowest BCUT2D eigenvalue weighted by molar-refractivity contribution is -0.175. The summed E-state index contributed by atoms with van der Waals surface area (Å²) in [7, 11) is 0. The van der Waals surface area contributed by atoms with Crippen molar-refractivity contribution in [2.45, 2.75) is 25.9 Å². The Morgan fingerprint density at radius 1 is 1.53 bits per heavy atom. The van der Waals surface area contributed by atoms with E-state index in [0.29, 0.717) is 23.8 Å². The number of piperidine rings is 1. The molecule has 1 fully saturated rings. The summed E-state index contributed by atoms with van der Waals surface area (Å²) in [5.41, 5.74) is 0.349. The Balaban J connectivity index is 2.18. The van der Waals surface area contributed by atoms with Crippen molar-refractivity contribution in [1.29, 1.82) is 0 Å². The fraction of sp³-hybridized carbons (Fsp3) is 0.636. The molecule has 8 heteroatoms. The molecular weight excluding hydrogens is 281 g/mol. The third-order valence-corrected chi connectivity index (χ3v) is 4.34. The molecule has 1 aromatic heterocycles. The Morgan fingerprint density at radius 3 is 2.74 bits per heavy atom. The molecule has 4 nitrogen and oxygen atoms in total. The van der Waals surface area contributed by atoms with Gasteiger partial charge in [-0.25, -0.2) is 9.78 Å². The molecule has 0 aliphatic carbocycles. The lowest BCUT2D eigenvalue weighted by atomic mass is 9.98. The molecule has 0 saturated carbocycles. The lowest BCUT2D eigenvalue weighted by Gasteiger charge is -2.33. The molecule has 2 rings (SSSR count). The summed E-state index contributed by atoms with van der Waals surface area (Å²) < 4.78 is 38.1. The van der Waals surface area contributed by atoms with E-state index in [2.05, 4.69) is 4.98 Å². The van der Waals surface area contributed by atoms with E-state index < -0.39 is 18.1 Å². The number of carboxylic acid groups (broad SMARTS) is 1. The Bertz CT molecular complexity index is 487. The van der Waals surface area contributed by atoms with Crippen molar-refractivity contribution in [3.05, 3.63) is 10.6 Å². The number of thiazole rings is 1. The van der Waals surface area contributed by atoms with E-state index in [-0.39, 0.29) is 17.8 Å². The fourth-order valence-electron chi connectivity index (χ4n) is 2.13. The molecule has 1 aromatic rings. The number of carbonyl (C=O) groups is 1. The van der Waals surface area contributed by atoms with Crippen LogP contribution in [0, 0.1) is 12.8 Å². The van der Waals surface area contributed by atoms with Gasteiger partial charge in [-0.3, -0.25) is 0 Å². The monoisotopic (exact) mass is 294 g/mol. The predicted octanol–water partition coefficient (Wildman–Crippen LogP) is 2.93. The van der Waals surface area contributed by atoms with Gasteiger partial charge in [-0.1, -0.05) is 11.3 Å². The molecule has 0 spiro atoms. The highest BCUT2D eigenvalue weighted by molar-refractivity contribution is 7.17. The van der Waals surface area contributed by atoms with E-state index in [4.69, 9.17) is 5.11 Å². The molecular formula is C11H13F3N2O2S. The second kappa shape index (κ2) is 4.99. The number of anilines is 1. The van der Waals surface area contributed by atoms with Crippen molar-refractivity contribution in [1.82, 2.24) is 4.98 Å². The van der Waals surface area contributed by atoms with Crippen LogP contribution in [0.5, 0.6) is 0 Å². The number of rotatable bonds is 2. The van der Waals surface area contributed by atoms with Crippen LogP contribution in [0.15, 0.2) is 0 Å². The first-order chi connectivity index (χ1) is 8.79. The predicted molar refractivity (Wildman–Crippen MR) is 64.8 cm³/mol. The number of alkyl halides is 3. The first-order valence-corrected chi connectivity index (χ1v) is 6.63. The van der Waals surface area contributed by atoms with Gasteiger partial charge in [-0.15, -0.1) is 0 Å². The number of halogens is 3. The molecule has 0 radical (unpaired) electrons. The van der Waals surface area contributed by atoms with Gasteiger partial charge in [0, 0.05) is 13.1 Å². The van der Waals surface area contributed by atoms with Crippen LogP contribution in [-0.2, 0) is 0 Å². The number of nitrogens with zero attached hydrogens (tertiary/aromatic N) is 2. The highest BCUT2D eigenvalue weighted by atomic mass is 32.1. The Kier molecular flexibility index (Phi) is 3.71. The summed E-state index contributed by atoms with van der Waals surface area (Å²) in [4.78, 5) is 16.6. The third kappa shape index (κ3) is 2.99. The smallest absolute Gasteiger partial charge is 0.393 e. The second-order valence-electron chi connectivity index (χ2n) is 4.54. The molecule has 0 aromatic carbocycles. The number of aromatic nitrogens is 1. The van der Waals surface area contributed by atoms with Crippen LogP contribution in [0.3, 0.4) is 0 Å². The number of carboxylic acids is 1. The molecule has 0 amide bonds. The zero-order valence-corrected chi connectivity index (χ0v) is 11.0. The number of aromatic carboxylic acids is 1. The SMILES string of the molecule is Cc1nc(N2CCCC(C(F)(F)F)C2)sc1C(=O)O. The maximum absolute atomic E-state index is 12.7. The average molecular weight is 294 g/mol. The van der Waals surface area contributed by atoms with Crippen LogP contribution in [0.4, 0.5) is 18.3 Å². The van der Waals surface area contributed by atoms with Gasteiger partial charge in [0.05, 0.1) is 11.6 Å². The topological polar surface area (TPSA) is 53.4 Å². The van der Waals surface area contributed by atoms with E-state index in [1.807, 2.05) is 0 Å². The van der Waals surface area contributed by atoms with Gasteiger partial charge < -0.3 is 10.0 Å². The maximum atomic E-state index is 12.7. The van der Waals surface area contributed by atoms with Gasteiger partial charge in [-0.05, 0) is 19.8 Å². The van der Waals surface area contributed by atoms with Gasteiger partial charge in [0.25, 0.3) is 0 Å². The molecule has 106 valence electrons. The van der Waals surface area contributed by atoms with Gasteiger partial charge in [-0.2, -0.15) is 13.2 Å². The van der Waals surface area contributed by atoms with Gasteiger partial charge in [0.1, 0.15) is 4.88 Å². The van der Waals surface area contributed by atoms with Gasteiger partial charge >= 0.3 is 12.1 Å². The molecule has 1 aliphatic rings. The highest BCUT2D eigenvalue weighted by Gasteiger charge is 2.42. The molecule has 1 aliphatic heterocycles. The van der Waals surface area contributed by atoms with Crippen LogP contribution in [-0.4, -0.2) is 35.3 Å². The second-order valence-corrected chi connectivity index (χ2v) is 5.52. The minimum absolute atomic E-state index is 0.0872. The Hall–Kier alpha value is -1.31. The van der Waals surface area contributed by atoms with E-state index in [9.17, 15) is 18.0 Å². The molecule has 0 bridgehead atoms. The highest BCUT2D eigenvalue weighted by Crippen LogP contribution is 2.36. The molecule has 1 saturated heterocycles. The van der Waals surface area contributed by atoms with Crippen LogP contribution >= 0.6 is 11.3 Å². The van der Waals surface area contributed by atoms with Crippen LogP contribution in [0.2, 0.25) is 0 Å².